The van der Waals surface area contributed by atoms with Crippen molar-refractivity contribution in [1.82, 2.24) is 4.57 Å². The van der Waals surface area contributed by atoms with Gasteiger partial charge in [-0.2, -0.15) is 0 Å². The summed E-state index contributed by atoms with van der Waals surface area (Å²) in [5.74, 6) is 0.227. The predicted molar refractivity (Wildman–Crippen MR) is 122 cm³/mol. The van der Waals surface area contributed by atoms with E-state index in [1.807, 2.05) is 47.9 Å². The smallest absolute Gasteiger partial charge is 0.338 e. The molecule has 31 heavy (non-hydrogen) atoms. The van der Waals surface area contributed by atoms with E-state index < -0.39 is 12.0 Å². The van der Waals surface area contributed by atoms with E-state index in [-0.39, 0.29) is 11.7 Å². The number of carbonyl (C=O) groups excluding carboxylic acids is 1. The fourth-order valence-corrected chi connectivity index (χ4v) is 5.23. The first-order valence-electron chi connectivity index (χ1n) is 9.80. The minimum Gasteiger partial charge on any atom is -0.497 e. The first kappa shape index (κ1) is 21.3. The van der Waals surface area contributed by atoms with Crippen LogP contribution in [0.25, 0.3) is 6.08 Å². The molecule has 0 amide bonds. The third kappa shape index (κ3) is 4.13. The van der Waals surface area contributed by atoms with E-state index in [4.69, 9.17) is 9.47 Å². The van der Waals surface area contributed by atoms with Gasteiger partial charge in [0.05, 0.1) is 35.1 Å². The van der Waals surface area contributed by atoms with Gasteiger partial charge < -0.3 is 9.47 Å². The van der Waals surface area contributed by atoms with Crippen LogP contribution < -0.4 is 19.6 Å². The fraction of sp³-hybridized carbons (Fsp3) is 0.261. The van der Waals surface area contributed by atoms with Crippen LogP contribution in [0.1, 0.15) is 37.3 Å². The van der Waals surface area contributed by atoms with Crippen LogP contribution in [0.15, 0.2) is 62.8 Å². The first-order valence-corrected chi connectivity index (χ1v) is 11.5. The van der Waals surface area contributed by atoms with Gasteiger partial charge in [-0.25, -0.2) is 9.79 Å². The molecule has 2 aromatic heterocycles. The highest BCUT2D eigenvalue weighted by Gasteiger charge is 2.33. The lowest BCUT2D eigenvalue weighted by molar-refractivity contribution is -0.143. The fourth-order valence-electron chi connectivity index (χ4n) is 3.46. The molecule has 3 heterocycles. The van der Waals surface area contributed by atoms with Crippen LogP contribution in [0.2, 0.25) is 0 Å². The maximum Gasteiger partial charge on any atom is 0.338 e. The normalized spacial score (nSPS) is 16.3. The van der Waals surface area contributed by atoms with Crippen LogP contribution in [0.4, 0.5) is 0 Å². The van der Waals surface area contributed by atoms with Crippen LogP contribution in [0.3, 0.4) is 0 Å². The number of fused-ring (bicyclic) bond motifs is 1. The molecule has 1 aliphatic rings. The summed E-state index contributed by atoms with van der Waals surface area (Å²) >= 11 is 2.88. The van der Waals surface area contributed by atoms with Crippen molar-refractivity contribution in [2.24, 2.45) is 4.99 Å². The number of aromatic nitrogens is 1. The molecule has 1 aliphatic heterocycles. The summed E-state index contributed by atoms with van der Waals surface area (Å²) in [5.41, 5.74) is 1.53. The molecular weight excluding hydrogens is 432 g/mol. The Morgan fingerprint density at radius 3 is 2.58 bits per heavy atom. The molecule has 0 unspecified atom stereocenters. The second-order valence-corrected chi connectivity index (χ2v) is 9.31. The molecule has 0 saturated carbocycles. The number of ether oxygens (including phenoxy) is 2. The maximum absolute atomic E-state index is 13.4. The molecule has 6 nitrogen and oxygen atoms in total. The Hall–Kier alpha value is -2.97. The summed E-state index contributed by atoms with van der Waals surface area (Å²) in [7, 11) is 1.60. The molecular formula is C23H22N2O4S2. The summed E-state index contributed by atoms with van der Waals surface area (Å²) in [4.78, 5) is 32.6. The number of hydrogen-bond donors (Lipinski definition) is 0. The second kappa shape index (κ2) is 8.64. The van der Waals surface area contributed by atoms with E-state index in [0.29, 0.717) is 26.4 Å². The second-order valence-electron chi connectivity index (χ2n) is 7.32. The first-order chi connectivity index (χ1) is 14.9. The highest BCUT2D eigenvalue weighted by Crippen LogP contribution is 2.31. The van der Waals surface area contributed by atoms with Crippen molar-refractivity contribution in [3.05, 3.63) is 83.2 Å². The Morgan fingerprint density at radius 2 is 1.97 bits per heavy atom. The molecule has 0 saturated heterocycles. The van der Waals surface area contributed by atoms with Gasteiger partial charge in [0.1, 0.15) is 5.75 Å². The Kier molecular flexibility index (Phi) is 5.93. The number of rotatable bonds is 5. The lowest BCUT2D eigenvalue weighted by atomic mass is 9.96. The molecule has 0 aliphatic carbocycles. The molecule has 0 radical (unpaired) electrons. The topological polar surface area (TPSA) is 69.9 Å². The van der Waals surface area contributed by atoms with Crippen LogP contribution in [0.5, 0.6) is 5.75 Å². The van der Waals surface area contributed by atoms with Gasteiger partial charge in [-0.15, -0.1) is 11.3 Å². The minimum absolute atomic E-state index is 0.180. The number of methoxy groups -OCH3 is 1. The largest absolute Gasteiger partial charge is 0.497 e. The number of benzene rings is 1. The minimum atomic E-state index is -0.626. The van der Waals surface area contributed by atoms with E-state index in [9.17, 15) is 9.59 Å². The van der Waals surface area contributed by atoms with Crippen molar-refractivity contribution >= 4 is 34.7 Å². The van der Waals surface area contributed by atoms with Gasteiger partial charge in [-0.3, -0.25) is 9.36 Å². The zero-order valence-corrected chi connectivity index (χ0v) is 19.3. The predicted octanol–water partition coefficient (Wildman–Crippen LogP) is 3.26. The Bertz CT molecular complexity index is 1310. The van der Waals surface area contributed by atoms with E-state index >= 15 is 0 Å². The average molecular weight is 455 g/mol. The van der Waals surface area contributed by atoms with Gasteiger partial charge in [-0.05, 0) is 56.0 Å². The summed E-state index contributed by atoms with van der Waals surface area (Å²) < 4.78 is 12.9. The number of esters is 1. The number of hydrogen-bond acceptors (Lipinski definition) is 7. The summed E-state index contributed by atoms with van der Waals surface area (Å²) in [5, 5.41) is 1.97. The van der Waals surface area contributed by atoms with Gasteiger partial charge in [-0.1, -0.05) is 29.5 Å². The molecule has 1 aromatic carbocycles. The number of nitrogens with zero attached hydrogens (tertiary/aromatic N) is 2. The lowest BCUT2D eigenvalue weighted by Crippen LogP contribution is -2.40. The van der Waals surface area contributed by atoms with E-state index in [0.717, 1.165) is 10.4 Å². The number of allylic oxidation sites excluding steroid dienone is 1. The number of carbonyl (C=O) groups is 1. The van der Waals surface area contributed by atoms with Crippen LogP contribution in [-0.4, -0.2) is 23.8 Å². The molecule has 0 spiro atoms. The number of thiazole rings is 1. The summed E-state index contributed by atoms with van der Waals surface area (Å²) in [6, 6.07) is 10.6. The third-order valence-corrected chi connectivity index (χ3v) is 6.63. The van der Waals surface area contributed by atoms with Crippen molar-refractivity contribution < 1.29 is 14.3 Å². The van der Waals surface area contributed by atoms with E-state index in [1.165, 1.54) is 11.3 Å². The van der Waals surface area contributed by atoms with Crippen molar-refractivity contribution in [1.29, 1.82) is 0 Å². The molecule has 4 rings (SSSR count). The molecule has 8 heteroatoms. The lowest BCUT2D eigenvalue weighted by Gasteiger charge is -2.25. The van der Waals surface area contributed by atoms with Crippen LogP contribution in [0, 0.1) is 0 Å². The van der Waals surface area contributed by atoms with Crippen molar-refractivity contribution in [2.45, 2.75) is 32.9 Å². The standard InChI is InChI=1S/C23H22N2O4S2/c1-13(2)29-22(27)19-14(3)24-23-25(20(19)15-7-9-16(28-4)10-8-15)21(26)18(31-23)12-17-6-5-11-30-17/h5-13,20H,1-4H3/b18-12-/t20-/m0/s1. The summed E-state index contributed by atoms with van der Waals surface area (Å²) in [6.45, 7) is 5.38. The number of thiophene rings is 1. The summed E-state index contributed by atoms with van der Waals surface area (Å²) in [6.07, 6.45) is 1.58. The molecule has 0 N–H and O–H groups in total. The highest BCUT2D eigenvalue weighted by atomic mass is 32.1. The van der Waals surface area contributed by atoms with Gasteiger partial charge in [0.2, 0.25) is 0 Å². The molecule has 3 aromatic rings. The Morgan fingerprint density at radius 1 is 1.23 bits per heavy atom. The maximum atomic E-state index is 13.4. The van der Waals surface area contributed by atoms with Crippen LogP contribution >= 0.6 is 22.7 Å². The van der Waals surface area contributed by atoms with Crippen molar-refractivity contribution in [3.63, 3.8) is 0 Å². The third-order valence-electron chi connectivity index (χ3n) is 4.83. The monoisotopic (exact) mass is 454 g/mol. The Labute approximate surface area is 187 Å². The van der Waals surface area contributed by atoms with Gasteiger partial charge >= 0.3 is 5.97 Å². The van der Waals surface area contributed by atoms with Crippen molar-refractivity contribution in [2.75, 3.05) is 7.11 Å². The average Bonchev–Trinajstić information content (AvgIpc) is 3.35. The Balaban J connectivity index is 1.94. The van der Waals surface area contributed by atoms with Gasteiger partial charge in [0, 0.05) is 4.88 Å². The van der Waals surface area contributed by atoms with Crippen molar-refractivity contribution in [3.8, 4) is 5.75 Å². The highest BCUT2D eigenvalue weighted by molar-refractivity contribution is 7.11. The van der Waals surface area contributed by atoms with E-state index in [1.54, 1.807) is 43.8 Å². The molecule has 0 bridgehead atoms. The van der Waals surface area contributed by atoms with Gasteiger partial charge in [0.15, 0.2) is 4.80 Å². The van der Waals surface area contributed by atoms with E-state index in [2.05, 4.69) is 4.99 Å². The zero-order chi connectivity index (χ0) is 22.1. The molecule has 0 fully saturated rings. The SMILES string of the molecule is COc1ccc([C@H]2C(C(=O)OC(C)C)=C(C)N=c3s/c(=C\c4cccs4)c(=O)n32)cc1. The quantitative estimate of drug-likeness (QED) is 0.555. The van der Waals surface area contributed by atoms with Crippen LogP contribution in [-0.2, 0) is 9.53 Å². The van der Waals surface area contributed by atoms with Gasteiger partial charge in [0.25, 0.3) is 5.56 Å². The zero-order valence-electron chi connectivity index (χ0n) is 17.6. The molecule has 1 atom stereocenters. The molecule has 160 valence electrons.